The first-order valence-electron chi connectivity index (χ1n) is 8.29. The molecule has 0 aromatic heterocycles. The van der Waals surface area contributed by atoms with E-state index in [1.54, 1.807) is 11.8 Å². The molecule has 1 heterocycles. The summed E-state index contributed by atoms with van der Waals surface area (Å²) in [6.45, 7) is 7.66. The molecule has 1 aromatic rings. The van der Waals surface area contributed by atoms with Crippen LogP contribution in [0.4, 0.5) is 0 Å². The third-order valence-corrected chi connectivity index (χ3v) is 5.25. The number of nitrogens with one attached hydrogen (secondary N) is 1. The summed E-state index contributed by atoms with van der Waals surface area (Å²) < 4.78 is 0. The third-order valence-electron chi connectivity index (χ3n) is 4.24. The molecule has 0 bridgehead atoms. The molecule has 2 rings (SSSR count). The summed E-state index contributed by atoms with van der Waals surface area (Å²) in [6, 6.07) is 8.51. The van der Waals surface area contributed by atoms with E-state index < -0.39 is 5.60 Å². The van der Waals surface area contributed by atoms with Crippen LogP contribution in [0.2, 0.25) is 0 Å². The zero-order valence-electron chi connectivity index (χ0n) is 14.3. The lowest BCUT2D eigenvalue weighted by molar-refractivity contribution is -0.123. The molecule has 1 fully saturated rings. The van der Waals surface area contributed by atoms with Gasteiger partial charge in [0.05, 0.1) is 12.1 Å². The average molecular weight is 337 g/mol. The van der Waals surface area contributed by atoms with Gasteiger partial charge in [0.2, 0.25) is 5.91 Å². The summed E-state index contributed by atoms with van der Waals surface area (Å²) in [5.74, 6) is 0.912. The number of rotatable bonds is 7. The standard InChI is InChI=1S/C18H28N2O2S/c1-14-6-8-15(9-7-14)23-12-10-19-17(21)13-20-11-4-5-16(20)18(2,3)22/h6-9,16,22H,4-5,10-13H2,1-3H3,(H,19,21). The number of aliphatic hydroxyl groups is 1. The maximum Gasteiger partial charge on any atom is 0.234 e. The second-order valence-electron chi connectivity index (χ2n) is 6.79. The Kier molecular flexibility index (Phi) is 6.50. The number of hydrogen-bond acceptors (Lipinski definition) is 4. The van der Waals surface area contributed by atoms with Crippen molar-refractivity contribution in [2.75, 3.05) is 25.4 Å². The number of likely N-dealkylation sites (tertiary alicyclic amines) is 1. The van der Waals surface area contributed by atoms with Crippen LogP contribution in [-0.2, 0) is 4.79 Å². The first-order valence-corrected chi connectivity index (χ1v) is 9.27. The van der Waals surface area contributed by atoms with E-state index >= 15 is 0 Å². The molecule has 23 heavy (non-hydrogen) atoms. The highest BCUT2D eigenvalue weighted by Gasteiger charge is 2.36. The maximum absolute atomic E-state index is 12.1. The van der Waals surface area contributed by atoms with Gasteiger partial charge >= 0.3 is 0 Å². The van der Waals surface area contributed by atoms with E-state index in [0.717, 1.165) is 25.1 Å². The fraction of sp³-hybridized carbons (Fsp3) is 0.611. The molecule has 1 atom stereocenters. The quantitative estimate of drug-likeness (QED) is 0.593. The molecular formula is C18H28N2O2S. The summed E-state index contributed by atoms with van der Waals surface area (Å²) in [5.41, 5.74) is 0.507. The minimum atomic E-state index is -0.752. The summed E-state index contributed by atoms with van der Waals surface area (Å²) in [5, 5.41) is 13.2. The summed E-state index contributed by atoms with van der Waals surface area (Å²) in [7, 11) is 0. The summed E-state index contributed by atoms with van der Waals surface area (Å²) in [6.07, 6.45) is 2.01. The lowest BCUT2D eigenvalue weighted by Gasteiger charge is -2.33. The average Bonchev–Trinajstić information content (AvgIpc) is 2.94. The molecule has 5 heteroatoms. The van der Waals surface area contributed by atoms with E-state index in [0.29, 0.717) is 13.1 Å². The number of carbonyl (C=O) groups excluding carboxylic acids is 1. The minimum absolute atomic E-state index is 0.0469. The third kappa shape index (κ3) is 5.83. The molecule has 0 spiro atoms. The van der Waals surface area contributed by atoms with Crippen molar-refractivity contribution in [2.24, 2.45) is 0 Å². The van der Waals surface area contributed by atoms with E-state index in [4.69, 9.17) is 0 Å². The SMILES string of the molecule is Cc1ccc(SCCNC(=O)CN2CCCC2C(C)(C)O)cc1. The number of aryl methyl sites for hydroxylation is 1. The van der Waals surface area contributed by atoms with Gasteiger partial charge in [0.25, 0.3) is 0 Å². The molecule has 1 aliphatic heterocycles. The van der Waals surface area contributed by atoms with Crippen molar-refractivity contribution in [1.29, 1.82) is 0 Å². The normalized spacial score (nSPS) is 19.0. The Morgan fingerprint density at radius 3 is 2.74 bits per heavy atom. The first kappa shape index (κ1) is 18.3. The molecule has 4 nitrogen and oxygen atoms in total. The Bertz CT molecular complexity index is 511. The van der Waals surface area contributed by atoms with E-state index in [1.807, 2.05) is 13.8 Å². The van der Waals surface area contributed by atoms with Crippen LogP contribution in [0.25, 0.3) is 0 Å². The van der Waals surface area contributed by atoms with Crippen LogP contribution in [-0.4, -0.2) is 52.9 Å². The number of thioether (sulfide) groups is 1. The summed E-state index contributed by atoms with van der Waals surface area (Å²) in [4.78, 5) is 15.4. The van der Waals surface area contributed by atoms with Crippen molar-refractivity contribution >= 4 is 17.7 Å². The van der Waals surface area contributed by atoms with Crippen molar-refractivity contribution in [1.82, 2.24) is 10.2 Å². The molecule has 1 aromatic carbocycles. The molecule has 1 unspecified atom stereocenters. The van der Waals surface area contributed by atoms with Crippen LogP contribution in [0.5, 0.6) is 0 Å². The Labute approximate surface area is 143 Å². The van der Waals surface area contributed by atoms with Crippen LogP contribution in [0.3, 0.4) is 0 Å². The Hall–Kier alpha value is -1.04. The summed E-state index contributed by atoms with van der Waals surface area (Å²) >= 11 is 1.75. The zero-order valence-corrected chi connectivity index (χ0v) is 15.2. The molecule has 2 N–H and O–H groups in total. The number of amides is 1. The van der Waals surface area contributed by atoms with E-state index in [1.165, 1.54) is 10.5 Å². The van der Waals surface area contributed by atoms with Crippen molar-refractivity contribution in [3.05, 3.63) is 29.8 Å². The predicted molar refractivity (Wildman–Crippen MR) is 95.8 cm³/mol. The van der Waals surface area contributed by atoms with Gasteiger partial charge in [0.1, 0.15) is 0 Å². The number of nitrogens with zero attached hydrogens (tertiary/aromatic N) is 1. The highest BCUT2D eigenvalue weighted by atomic mass is 32.2. The fourth-order valence-corrected chi connectivity index (χ4v) is 3.82. The highest BCUT2D eigenvalue weighted by molar-refractivity contribution is 7.99. The van der Waals surface area contributed by atoms with Gasteiger partial charge in [0, 0.05) is 23.2 Å². The van der Waals surface area contributed by atoms with Crippen LogP contribution in [0, 0.1) is 6.92 Å². The molecule has 128 valence electrons. The first-order chi connectivity index (χ1) is 10.9. The van der Waals surface area contributed by atoms with Gasteiger partial charge in [-0.2, -0.15) is 0 Å². The highest BCUT2D eigenvalue weighted by Crippen LogP contribution is 2.26. The van der Waals surface area contributed by atoms with Crippen molar-refractivity contribution in [2.45, 2.75) is 50.2 Å². The fourth-order valence-electron chi connectivity index (χ4n) is 3.05. The van der Waals surface area contributed by atoms with E-state index in [-0.39, 0.29) is 11.9 Å². The molecule has 1 amide bonds. The van der Waals surface area contributed by atoms with Gasteiger partial charge in [-0.3, -0.25) is 9.69 Å². The Balaban J connectivity index is 1.68. The van der Waals surface area contributed by atoms with Gasteiger partial charge < -0.3 is 10.4 Å². The number of carbonyl (C=O) groups is 1. The number of hydrogen-bond donors (Lipinski definition) is 2. The van der Waals surface area contributed by atoms with Gasteiger partial charge in [0.15, 0.2) is 0 Å². The van der Waals surface area contributed by atoms with Crippen LogP contribution < -0.4 is 5.32 Å². The molecular weight excluding hydrogens is 308 g/mol. The van der Waals surface area contributed by atoms with Gasteiger partial charge in [-0.05, 0) is 52.3 Å². The van der Waals surface area contributed by atoms with E-state index in [2.05, 4.69) is 41.4 Å². The Morgan fingerprint density at radius 2 is 2.09 bits per heavy atom. The molecule has 0 saturated carbocycles. The van der Waals surface area contributed by atoms with Crippen molar-refractivity contribution in [3.8, 4) is 0 Å². The van der Waals surface area contributed by atoms with Crippen LogP contribution in [0.15, 0.2) is 29.2 Å². The monoisotopic (exact) mass is 336 g/mol. The minimum Gasteiger partial charge on any atom is -0.389 e. The number of benzene rings is 1. The zero-order chi connectivity index (χ0) is 16.9. The maximum atomic E-state index is 12.1. The Morgan fingerprint density at radius 1 is 1.39 bits per heavy atom. The van der Waals surface area contributed by atoms with Crippen LogP contribution in [0.1, 0.15) is 32.3 Å². The second kappa shape index (κ2) is 8.18. The lowest BCUT2D eigenvalue weighted by Crippen LogP contribution is -2.49. The lowest BCUT2D eigenvalue weighted by atomic mass is 9.97. The molecule has 0 radical (unpaired) electrons. The molecule has 0 aliphatic carbocycles. The van der Waals surface area contributed by atoms with E-state index in [9.17, 15) is 9.90 Å². The predicted octanol–water partition coefficient (Wildman–Crippen LogP) is 2.44. The second-order valence-corrected chi connectivity index (χ2v) is 7.96. The molecule has 1 saturated heterocycles. The van der Waals surface area contributed by atoms with Gasteiger partial charge in [-0.15, -0.1) is 11.8 Å². The van der Waals surface area contributed by atoms with Crippen molar-refractivity contribution < 1.29 is 9.90 Å². The topological polar surface area (TPSA) is 52.6 Å². The van der Waals surface area contributed by atoms with Gasteiger partial charge in [-0.25, -0.2) is 0 Å². The van der Waals surface area contributed by atoms with Crippen LogP contribution >= 0.6 is 11.8 Å². The van der Waals surface area contributed by atoms with Crippen molar-refractivity contribution in [3.63, 3.8) is 0 Å². The smallest absolute Gasteiger partial charge is 0.234 e. The molecule has 1 aliphatic rings. The van der Waals surface area contributed by atoms with Gasteiger partial charge in [-0.1, -0.05) is 17.7 Å². The largest absolute Gasteiger partial charge is 0.389 e.